The topological polar surface area (TPSA) is 0 Å². The Hall–Kier alpha value is -1.30. The van der Waals surface area contributed by atoms with E-state index < -0.39 is 0 Å². The first-order valence-electron chi connectivity index (χ1n) is 7.23. The largest absolute Gasteiger partial charge is 0.0683 e. The molecule has 0 nitrogen and oxygen atoms in total. The molecule has 2 aromatic rings. The van der Waals surface area contributed by atoms with E-state index in [0.29, 0.717) is 0 Å². The lowest BCUT2D eigenvalue weighted by molar-refractivity contribution is 1.47. The van der Waals surface area contributed by atoms with Gasteiger partial charge in [-0.1, -0.05) is 89.1 Å². The maximum atomic E-state index is 2.22. The standard InChI is InChI=1S/C12H12.3C2H6/c1-9-3-5-12-8-10(2)4-6-11(12)7-9;3*1-2/h3-8H,1-2H3;3*1-2H3. The van der Waals surface area contributed by atoms with E-state index in [9.17, 15) is 0 Å². The Kier molecular flexibility index (Phi) is 12.9. The minimum absolute atomic E-state index is 1.33. The third-order valence-corrected chi connectivity index (χ3v) is 2.15. The van der Waals surface area contributed by atoms with E-state index >= 15 is 0 Å². The smallest absolute Gasteiger partial charge is 0.0181 e. The highest BCUT2D eigenvalue weighted by molar-refractivity contribution is 5.83. The maximum Gasteiger partial charge on any atom is -0.0181 e. The van der Waals surface area contributed by atoms with Gasteiger partial charge in [0, 0.05) is 0 Å². The van der Waals surface area contributed by atoms with Crippen LogP contribution in [-0.4, -0.2) is 0 Å². The van der Waals surface area contributed by atoms with Crippen molar-refractivity contribution in [1.82, 2.24) is 0 Å². The molecular weight excluding hydrogens is 216 g/mol. The average Bonchev–Trinajstić information content (AvgIpc) is 2.46. The SMILES string of the molecule is CC.CC.CC.Cc1ccc2cc(C)ccc2c1. The first-order chi connectivity index (χ1) is 8.75. The Labute approximate surface area is 114 Å². The van der Waals surface area contributed by atoms with Gasteiger partial charge in [0.05, 0.1) is 0 Å². The number of rotatable bonds is 0. The summed E-state index contributed by atoms with van der Waals surface area (Å²) in [6, 6.07) is 13.1. The molecule has 0 saturated carbocycles. The second-order valence-corrected chi connectivity index (χ2v) is 3.35. The van der Waals surface area contributed by atoms with E-state index in [1.54, 1.807) is 0 Å². The van der Waals surface area contributed by atoms with Crippen molar-refractivity contribution in [1.29, 1.82) is 0 Å². The van der Waals surface area contributed by atoms with E-state index in [4.69, 9.17) is 0 Å². The van der Waals surface area contributed by atoms with Crippen molar-refractivity contribution in [2.75, 3.05) is 0 Å². The van der Waals surface area contributed by atoms with Crippen LogP contribution in [0.5, 0.6) is 0 Å². The highest BCUT2D eigenvalue weighted by atomic mass is 14.0. The molecule has 0 amide bonds. The van der Waals surface area contributed by atoms with Crippen molar-refractivity contribution in [2.24, 2.45) is 0 Å². The molecule has 0 radical (unpaired) electrons. The van der Waals surface area contributed by atoms with Crippen molar-refractivity contribution in [2.45, 2.75) is 55.4 Å². The molecule has 2 aromatic carbocycles. The lowest BCUT2D eigenvalue weighted by Gasteiger charge is -1.99. The van der Waals surface area contributed by atoms with Gasteiger partial charge in [0.15, 0.2) is 0 Å². The molecule has 0 heterocycles. The summed E-state index contributed by atoms with van der Waals surface area (Å²) in [7, 11) is 0. The molecule has 2 rings (SSSR count). The highest BCUT2D eigenvalue weighted by Gasteiger charge is 1.92. The molecule has 0 heteroatoms. The number of fused-ring (bicyclic) bond motifs is 1. The van der Waals surface area contributed by atoms with Gasteiger partial charge in [-0.25, -0.2) is 0 Å². The Bertz CT molecular complexity index is 372. The van der Waals surface area contributed by atoms with Crippen molar-refractivity contribution in [3.63, 3.8) is 0 Å². The predicted molar refractivity (Wildman–Crippen MR) is 87.5 cm³/mol. The predicted octanol–water partition coefficient (Wildman–Crippen LogP) is 6.54. The van der Waals surface area contributed by atoms with Crippen LogP contribution in [0, 0.1) is 13.8 Å². The average molecular weight is 246 g/mol. The summed E-state index contributed by atoms with van der Waals surface area (Å²) in [6.45, 7) is 16.2. The lowest BCUT2D eigenvalue weighted by atomic mass is 10.1. The molecule has 0 unspecified atom stereocenters. The summed E-state index contributed by atoms with van der Waals surface area (Å²) in [4.78, 5) is 0. The number of benzene rings is 2. The van der Waals surface area contributed by atoms with E-state index in [0.717, 1.165) is 0 Å². The third-order valence-electron chi connectivity index (χ3n) is 2.15. The van der Waals surface area contributed by atoms with Crippen molar-refractivity contribution in [3.8, 4) is 0 Å². The van der Waals surface area contributed by atoms with Crippen LogP contribution >= 0.6 is 0 Å². The minimum atomic E-state index is 1.33. The van der Waals surface area contributed by atoms with Gasteiger partial charge in [0.1, 0.15) is 0 Å². The zero-order chi connectivity index (χ0) is 14.6. The molecule has 0 fully saturated rings. The first kappa shape index (κ1) is 19.0. The highest BCUT2D eigenvalue weighted by Crippen LogP contribution is 2.16. The summed E-state index contributed by atoms with van der Waals surface area (Å²) in [5.41, 5.74) is 2.65. The Balaban J connectivity index is 0. The summed E-state index contributed by atoms with van der Waals surface area (Å²) in [6.07, 6.45) is 0. The summed E-state index contributed by atoms with van der Waals surface area (Å²) in [5.74, 6) is 0. The molecule has 0 N–H and O–H groups in total. The first-order valence-corrected chi connectivity index (χ1v) is 7.23. The second kappa shape index (κ2) is 12.2. The molecule has 0 bridgehead atoms. The summed E-state index contributed by atoms with van der Waals surface area (Å²) in [5, 5.41) is 2.67. The van der Waals surface area contributed by atoms with Crippen LogP contribution in [0.1, 0.15) is 52.7 Å². The monoisotopic (exact) mass is 246 g/mol. The quantitative estimate of drug-likeness (QED) is 0.495. The van der Waals surface area contributed by atoms with Gasteiger partial charge < -0.3 is 0 Å². The summed E-state index contributed by atoms with van der Waals surface area (Å²) < 4.78 is 0. The minimum Gasteiger partial charge on any atom is -0.0683 e. The van der Waals surface area contributed by atoms with Crippen LogP contribution < -0.4 is 0 Å². The molecular formula is C18H30. The van der Waals surface area contributed by atoms with Crippen LogP contribution in [0.15, 0.2) is 36.4 Å². The fourth-order valence-electron chi connectivity index (χ4n) is 1.48. The zero-order valence-corrected chi connectivity index (χ0v) is 13.5. The molecule has 0 aliphatic heterocycles. The molecule has 0 aromatic heterocycles. The van der Waals surface area contributed by atoms with E-state index in [1.165, 1.54) is 21.9 Å². The number of hydrogen-bond acceptors (Lipinski definition) is 0. The number of aryl methyl sites for hydroxylation is 2. The molecule has 0 saturated heterocycles. The number of hydrogen-bond donors (Lipinski definition) is 0. The maximum absolute atomic E-state index is 2.22. The Morgan fingerprint density at radius 2 is 0.778 bits per heavy atom. The van der Waals surface area contributed by atoms with Crippen molar-refractivity contribution >= 4 is 10.8 Å². The van der Waals surface area contributed by atoms with Gasteiger partial charge >= 0.3 is 0 Å². The van der Waals surface area contributed by atoms with Crippen LogP contribution in [0.4, 0.5) is 0 Å². The summed E-state index contributed by atoms with van der Waals surface area (Å²) >= 11 is 0. The second-order valence-electron chi connectivity index (χ2n) is 3.35. The molecule has 0 atom stereocenters. The Morgan fingerprint density at radius 3 is 1.06 bits per heavy atom. The van der Waals surface area contributed by atoms with Crippen LogP contribution in [0.25, 0.3) is 10.8 Å². The lowest BCUT2D eigenvalue weighted by Crippen LogP contribution is -1.76. The Morgan fingerprint density at radius 1 is 0.500 bits per heavy atom. The van der Waals surface area contributed by atoms with Gasteiger partial charge in [0.25, 0.3) is 0 Å². The van der Waals surface area contributed by atoms with Crippen molar-refractivity contribution < 1.29 is 0 Å². The molecule has 0 aliphatic carbocycles. The van der Waals surface area contributed by atoms with Gasteiger partial charge in [-0.05, 0) is 24.6 Å². The van der Waals surface area contributed by atoms with Gasteiger partial charge in [-0.3, -0.25) is 0 Å². The zero-order valence-electron chi connectivity index (χ0n) is 13.5. The van der Waals surface area contributed by atoms with Crippen LogP contribution in [0.3, 0.4) is 0 Å². The fourth-order valence-corrected chi connectivity index (χ4v) is 1.48. The normalized spacial score (nSPS) is 8.00. The molecule has 18 heavy (non-hydrogen) atoms. The molecule has 102 valence electrons. The van der Waals surface area contributed by atoms with Gasteiger partial charge in [-0.2, -0.15) is 0 Å². The fraction of sp³-hybridized carbons (Fsp3) is 0.444. The van der Waals surface area contributed by atoms with Crippen molar-refractivity contribution in [3.05, 3.63) is 47.5 Å². The van der Waals surface area contributed by atoms with Gasteiger partial charge in [0.2, 0.25) is 0 Å². The van der Waals surface area contributed by atoms with Crippen LogP contribution in [0.2, 0.25) is 0 Å². The molecule has 0 aliphatic rings. The van der Waals surface area contributed by atoms with Crippen LogP contribution in [-0.2, 0) is 0 Å². The van der Waals surface area contributed by atoms with E-state index in [-0.39, 0.29) is 0 Å². The van der Waals surface area contributed by atoms with E-state index in [2.05, 4.69) is 50.2 Å². The van der Waals surface area contributed by atoms with E-state index in [1.807, 2.05) is 41.5 Å². The molecule has 0 spiro atoms. The van der Waals surface area contributed by atoms with Gasteiger partial charge in [-0.15, -0.1) is 0 Å². The third kappa shape index (κ3) is 6.44.